The second-order valence-corrected chi connectivity index (χ2v) is 4.46. The molecule has 1 atom stereocenters. The first-order chi connectivity index (χ1) is 6.79. The molecule has 0 bridgehead atoms. The lowest BCUT2D eigenvalue weighted by atomic mass is 9.88. The first-order valence-electron chi connectivity index (χ1n) is 6.01. The van der Waals surface area contributed by atoms with Crippen LogP contribution in [0.25, 0.3) is 0 Å². The van der Waals surface area contributed by atoms with E-state index in [2.05, 4.69) is 19.3 Å². The molecule has 0 aliphatic heterocycles. The van der Waals surface area contributed by atoms with E-state index in [1.165, 1.54) is 44.9 Å². The summed E-state index contributed by atoms with van der Waals surface area (Å²) in [6, 6.07) is 0.551. The van der Waals surface area contributed by atoms with E-state index >= 15 is 0 Å². The molecule has 0 saturated heterocycles. The molecule has 1 rings (SSSR count). The van der Waals surface area contributed by atoms with E-state index in [1.54, 1.807) is 0 Å². The van der Waals surface area contributed by atoms with Crippen LogP contribution in [0.5, 0.6) is 0 Å². The fourth-order valence-electron chi connectivity index (χ4n) is 2.75. The van der Waals surface area contributed by atoms with Gasteiger partial charge in [0.05, 0.1) is 5.60 Å². The monoisotopic (exact) mass is 199 g/mol. The number of likely N-dealkylation sites (N-methyl/N-ethyl adjacent to an activating group) is 1. The number of hydrogen-bond acceptors (Lipinski definition) is 2. The minimum Gasteiger partial charge on any atom is -0.377 e. The minimum atomic E-state index is 0.143. The summed E-state index contributed by atoms with van der Waals surface area (Å²) in [7, 11) is 3.95. The zero-order valence-corrected chi connectivity index (χ0v) is 9.94. The van der Waals surface area contributed by atoms with Gasteiger partial charge in [-0.15, -0.1) is 0 Å². The summed E-state index contributed by atoms with van der Waals surface area (Å²) in [4.78, 5) is 0. The second-order valence-electron chi connectivity index (χ2n) is 4.46. The molecule has 0 amide bonds. The van der Waals surface area contributed by atoms with Crippen LogP contribution in [0.2, 0.25) is 0 Å². The molecule has 0 spiro atoms. The molecule has 14 heavy (non-hydrogen) atoms. The average molecular weight is 199 g/mol. The zero-order chi connectivity index (χ0) is 10.4. The Labute approximate surface area is 88.4 Å². The van der Waals surface area contributed by atoms with E-state index in [1.807, 2.05) is 7.11 Å². The smallest absolute Gasteiger partial charge is 0.0830 e. The second kappa shape index (κ2) is 5.72. The predicted molar refractivity (Wildman–Crippen MR) is 60.6 cm³/mol. The van der Waals surface area contributed by atoms with Crippen molar-refractivity contribution in [2.24, 2.45) is 0 Å². The van der Waals surface area contributed by atoms with Gasteiger partial charge in [-0.3, -0.25) is 0 Å². The highest BCUT2D eigenvalue weighted by atomic mass is 16.5. The summed E-state index contributed by atoms with van der Waals surface area (Å²) >= 11 is 0. The Balaban J connectivity index is 2.54. The van der Waals surface area contributed by atoms with Crippen LogP contribution in [0.3, 0.4) is 0 Å². The first kappa shape index (κ1) is 12.0. The normalized spacial score (nSPS) is 22.5. The molecule has 1 aliphatic carbocycles. The van der Waals surface area contributed by atoms with Crippen LogP contribution in [0, 0.1) is 0 Å². The van der Waals surface area contributed by atoms with Crippen molar-refractivity contribution in [3.8, 4) is 0 Å². The SMILES string of the molecule is CCCCC(NC)C1(OC)CCCC1. The summed E-state index contributed by atoms with van der Waals surface area (Å²) in [5.41, 5.74) is 0.143. The van der Waals surface area contributed by atoms with Gasteiger partial charge in [0.2, 0.25) is 0 Å². The van der Waals surface area contributed by atoms with Gasteiger partial charge < -0.3 is 10.1 Å². The quantitative estimate of drug-likeness (QED) is 0.710. The van der Waals surface area contributed by atoms with Crippen LogP contribution in [0.1, 0.15) is 51.9 Å². The molecule has 0 heterocycles. The van der Waals surface area contributed by atoms with Crippen LogP contribution >= 0.6 is 0 Å². The van der Waals surface area contributed by atoms with E-state index in [4.69, 9.17) is 4.74 Å². The summed E-state index contributed by atoms with van der Waals surface area (Å²) in [6.45, 7) is 2.25. The third-order valence-corrected chi connectivity index (χ3v) is 3.69. The predicted octanol–water partition coefficient (Wildman–Crippen LogP) is 2.72. The van der Waals surface area contributed by atoms with Crippen LogP contribution in [-0.4, -0.2) is 25.8 Å². The standard InChI is InChI=1S/C12H25NO/c1-4-5-8-11(13-2)12(14-3)9-6-7-10-12/h11,13H,4-10H2,1-3H3. The molecule has 1 unspecified atom stereocenters. The van der Waals surface area contributed by atoms with Crippen molar-refractivity contribution >= 4 is 0 Å². The minimum absolute atomic E-state index is 0.143. The lowest BCUT2D eigenvalue weighted by Crippen LogP contribution is -2.49. The fourth-order valence-corrected chi connectivity index (χ4v) is 2.75. The highest BCUT2D eigenvalue weighted by Crippen LogP contribution is 2.37. The number of methoxy groups -OCH3 is 1. The van der Waals surface area contributed by atoms with Gasteiger partial charge in [0.25, 0.3) is 0 Å². The molecule has 0 aromatic carbocycles. The fraction of sp³-hybridized carbons (Fsp3) is 1.00. The van der Waals surface area contributed by atoms with Crippen LogP contribution in [0.15, 0.2) is 0 Å². The highest BCUT2D eigenvalue weighted by Gasteiger charge is 2.40. The molecule has 1 aliphatic rings. The highest BCUT2D eigenvalue weighted by molar-refractivity contribution is 4.96. The maximum Gasteiger partial charge on any atom is 0.0830 e. The maximum atomic E-state index is 5.79. The van der Waals surface area contributed by atoms with Crippen molar-refractivity contribution in [3.63, 3.8) is 0 Å². The average Bonchev–Trinajstić information content (AvgIpc) is 2.69. The number of nitrogens with one attached hydrogen (secondary N) is 1. The summed E-state index contributed by atoms with van der Waals surface area (Å²) < 4.78 is 5.79. The van der Waals surface area contributed by atoms with Crippen molar-refractivity contribution in [1.82, 2.24) is 5.32 Å². The molecule has 0 aromatic rings. The number of unbranched alkanes of at least 4 members (excludes halogenated alkanes) is 1. The molecule has 2 nitrogen and oxygen atoms in total. The Morgan fingerprint density at radius 2 is 2.00 bits per heavy atom. The van der Waals surface area contributed by atoms with Crippen LogP contribution in [0.4, 0.5) is 0 Å². The lowest BCUT2D eigenvalue weighted by molar-refractivity contribution is -0.0363. The number of ether oxygens (including phenoxy) is 1. The molecular weight excluding hydrogens is 174 g/mol. The van der Waals surface area contributed by atoms with Crippen molar-refractivity contribution in [1.29, 1.82) is 0 Å². The van der Waals surface area contributed by atoms with Crippen LogP contribution in [-0.2, 0) is 4.74 Å². The van der Waals surface area contributed by atoms with Crippen molar-refractivity contribution in [2.75, 3.05) is 14.2 Å². The Morgan fingerprint density at radius 3 is 2.43 bits per heavy atom. The lowest BCUT2D eigenvalue weighted by Gasteiger charge is -2.36. The first-order valence-corrected chi connectivity index (χ1v) is 6.01. The van der Waals surface area contributed by atoms with Gasteiger partial charge >= 0.3 is 0 Å². The third kappa shape index (κ3) is 2.48. The summed E-state index contributed by atoms with van der Waals surface area (Å²) in [5, 5.41) is 3.45. The van der Waals surface area contributed by atoms with Gasteiger partial charge in [-0.2, -0.15) is 0 Å². The number of hydrogen-bond donors (Lipinski definition) is 1. The Kier molecular flexibility index (Phi) is 4.90. The van der Waals surface area contributed by atoms with Crippen LogP contribution < -0.4 is 5.32 Å². The van der Waals surface area contributed by atoms with E-state index in [-0.39, 0.29) is 5.60 Å². The van der Waals surface area contributed by atoms with Gasteiger partial charge in [0.1, 0.15) is 0 Å². The van der Waals surface area contributed by atoms with Crippen molar-refractivity contribution in [2.45, 2.75) is 63.5 Å². The van der Waals surface area contributed by atoms with E-state index in [0.717, 1.165) is 0 Å². The van der Waals surface area contributed by atoms with Gasteiger partial charge in [0.15, 0.2) is 0 Å². The van der Waals surface area contributed by atoms with Gasteiger partial charge in [-0.1, -0.05) is 32.6 Å². The maximum absolute atomic E-state index is 5.79. The Morgan fingerprint density at radius 1 is 1.36 bits per heavy atom. The molecule has 1 fully saturated rings. The van der Waals surface area contributed by atoms with E-state index < -0.39 is 0 Å². The molecule has 0 radical (unpaired) electrons. The Bertz CT molecular complexity index is 152. The van der Waals surface area contributed by atoms with E-state index in [0.29, 0.717) is 6.04 Å². The zero-order valence-electron chi connectivity index (χ0n) is 9.94. The van der Waals surface area contributed by atoms with Crippen molar-refractivity contribution in [3.05, 3.63) is 0 Å². The molecule has 1 saturated carbocycles. The van der Waals surface area contributed by atoms with Gasteiger partial charge in [-0.05, 0) is 26.3 Å². The summed E-state index contributed by atoms with van der Waals surface area (Å²) in [6.07, 6.45) is 8.96. The largest absolute Gasteiger partial charge is 0.377 e. The number of rotatable bonds is 6. The molecule has 2 heteroatoms. The topological polar surface area (TPSA) is 21.3 Å². The Hall–Kier alpha value is -0.0800. The van der Waals surface area contributed by atoms with Crippen molar-refractivity contribution < 1.29 is 4.74 Å². The molecule has 1 N–H and O–H groups in total. The molecule has 84 valence electrons. The third-order valence-electron chi connectivity index (χ3n) is 3.69. The van der Waals surface area contributed by atoms with Gasteiger partial charge in [0, 0.05) is 13.2 Å². The van der Waals surface area contributed by atoms with Gasteiger partial charge in [-0.25, -0.2) is 0 Å². The molecular formula is C12H25NO. The van der Waals surface area contributed by atoms with E-state index in [9.17, 15) is 0 Å². The summed E-state index contributed by atoms with van der Waals surface area (Å²) in [5.74, 6) is 0. The molecule has 0 aromatic heterocycles.